The van der Waals surface area contributed by atoms with Crippen molar-refractivity contribution < 1.29 is 9.59 Å². The maximum Gasteiger partial charge on any atom is 0.268 e. The molecule has 2 atom stereocenters. The minimum Gasteiger partial charge on any atom is -0.339 e. The molecule has 4 heteroatoms. The van der Waals surface area contributed by atoms with Crippen LogP contribution in [0.5, 0.6) is 0 Å². The first-order valence-corrected chi connectivity index (χ1v) is 5.47. The molecule has 2 aliphatic rings. The highest BCUT2D eigenvalue weighted by Gasteiger charge is 2.40. The van der Waals surface area contributed by atoms with Crippen LogP contribution in [-0.4, -0.2) is 29.3 Å². The van der Waals surface area contributed by atoms with Crippen molar-refractivity contribution in [2.45, 2.75) is 32.7 Å². The van der Waals surface area contributed by atoms with Gasteiger partial charge in [-0.05, 0) is 12.3 Å². The summed E-state index contributed by atoms with van der Waals surface area (Å²) >= 11 is 0. The normalized spacial score (nSPS) is 27.2. The summed E-state index contributed by atoms with van der Waals surface area (Å²) in [5, 5.41) is 2.79. The van der Waals surface area contributed by atoms with Crippen LogP contribution in [0.4, 0.5) is 0 Å². The predicted molar refractivity (Wildman–Crippen MR) is 55.8 cm³/mol. The van der Waals surface area contributed by atoms with Crippen molar-refractivity contribution in [3.8, 4) is 0 Å². The van der Waals surface area contributed by atoms with E-state index in [4.69, 9.17) is 0 Å². The number of fused-ring (bicyclic) bond motifs is 1. The Kier molecular flexibility index (Phi) is 2.50. The highest BCUT2D eigenvalue weighted by Crippen LogP contribution is 2.23. The Labute approximate surface area is 89.3 Å². The van der Waals surface area contributed by atoms with Crippen molar-refractivity contribution in [2.24, 2.45) is 5.92 Å². The highest BCUT2D eigenvalue weighted by atomic mass is 16.2. The molecule has 15 heavy (non-hydrogen) atoms. The fourth-order valence-corrected chi connectivity index (χ4v) is 2.07. The van der Waals surface area contributed by atoms with Gasteiger partial charge in [-0.2, -0.15) is 0 Å². The quantitative estimate of drug-likeness (QED) is 0.724. The van der Waals surface area contributed by atoms with E-state index in [1.807, 2.05) is 19.9 Å². The molecule has 0 aliphatic carbocycles. The van der Waals surface area contributed by atoms with Gasteiger partial charge in [0.05, 0.1) is 0 Å². The molecular weight excluding hydrogens is 192 g/mol. The van der Waals surface area contributed by atoms with Crippen molar-refractivity contribution in [3.05, 3.63) is 11.8 Å². The number of nitrogens with one attached hydrogen (secondary N) is 1. The second kappa shape index (κ2) is 3.68. The molecule has 0 aromatic heterocycles. The maximum atomic E-state index is 12.0. The van der Waals surface area contributed by atoms with Crippen LogP contribution in [-0.2, 0) is 9.59 Å². The largest absolute Gasteiger partial charge is 0.339 e. The third-order valence-corrected chi connectivity index (χ3v) is 3.25. The minimum absolute atomic E-state index is 0.0488. The average molecular weight is 208 g/mol. The van der Waals surface area contributed by atoms with Gasteiger partial charge in [-0.15, -0.1) is 0 Å². The number of nitrogens with zero attached hydrogens (tertiary/aromatic N) is 1. The molecule has 0 spiro atoms. The van der Waals surface area contributed by atoms with E-state index in [2.05, 4.69) is 5.32 Å². The van der Waals surface area contributed by atoms with Gasteiger partial charge in [0, 0.05) is 6.54 Å². The fraction of sp³-hybridized carbons (Fsp3) is 0.636. The Hall–Kier alpha value is -1.32. The number of hydrogen-bond donors (Lipinski definition) is 1. The molecule has 2 heterocycles. The summed E-state index contributed by atoms with van der Waals surface area (Å²) < 4.78 is 0. The maximum absolute atomic E-state index is 12.0. The standard InChI is InChI=1S/C11H16N2O2/c1-3-7(2)9-11(15)13-6-4-5-8(13)10(14)12-9/h5,7,9H,3-4,6H2,1-2H3,(H,12,14). The van der Waals surface area contributed by atoms with E-state index in [-0.39, 0.29) is 23.8 Å². The minimum atomic E-state index is -0.335. The van der Waals surface area contributed by atoms with Crippen LogP contribution in [0.1, 0.15) is 26.7 Å². The second-order valence-corrected chi connectivity index (χ2v) is 4.20. The molecule has 0 saturated carbocycles. The molecule has 0 radical (unpaired) electrons. The van der Waals surface area contributed by atoms with E-state index < -0.39 is 0 Å². The number of carbonyl (C=O) groups excluding carboxylic acids is 2. The molecule has 0 aromatic carbocycles. The molecule has 82 valence electrons. The van der Waals surface area contributed by atoms with E-state index in [0.29, 0.717) is 12.2 Å². The van der Waals surface area contributed by atoms with Gasteiger partial charge in [0.25, 0.3) is 5.91 Å². The van der Waals surface area contributed by atoms with E-state index in [9.17, 15) is 9.59 Å². The number of carbonyl (C=O) groups is 2. The van der Waals surface area contributed by atoms with Gasteiger partial charge in [0.15, 0.2) is 0 Å². The number of amides is 2. The summed E-state index contributed by atoms with van der Waals surface area (Å²) in [6.45, 7) is 4.68. The summed E-state index contributed by atoms with van der Waals surface area (Å²) in [5.41, 5.74) is 0.541. The summed E-state index contributed by atoms with van der Waals surface area (Å²) in [4.78, 5) is 25.3. The summed E-state index contributed by atoms with van der Waals surface area (Å²) in [7, 11) is 0. The smallest absolute Gasteiger partial charge is 0.268 e. The van der Waals surface area contributed by atoms with Crippen LogP contribution in [0, 0.1) is 5.92 Å². The fourth-order valence-electron chi connectivity index (χ4n) is 2.07. The lowest BCUT2D eigenvalue weighted by atomic mass is 9.96. The van der Waals surface area contributed by atoms with Gasteiger partial charge in [-0.1, -0.05) is 26.3 Å². The van der Waals surface area contributed by atoms with Gasteiger partial charge in [-0.3, -0.25) is 9.59 Å². The average Bonchev–Trinajstić information content (AvgIpc) is 2.71. The third-order valence-electron chi connectivity index (χ3n) is 3.25. The SMILES string of the molecule is CCC(C)C1NC(=O)C2=CCCN2C1=O. The van der Waals surface area contributed by atoms with Crippen LogP contribution in [0.15, 0.2) is 11.8 Å². The zero-order valence-electron chi connectivity index (χ0n) is 9.12. The third kappa shape index (κ3) is 1.54. The molecule has 2 aliphatic heterocycles. The molecule has 4 nitrogen and oxygen atoms in total. The lowest BCUT2D eigenvalue weighted by Crippen LogP contribution is -2.57. The molecule has 0 aromatic rings. The lowest BCUT2D eigenvalue weighted by molar-refractivity contribution is -0.141. The van der Waals surface area contributed by atoms with Crippen LogP contribution < -0.4 is 5.32 Å². The Bertz CT molecular complexity index is 335. The van der Waals surface area contributed by atoms with Crippen molar-refractivity contribution in [1.29, 1.82) is 0 Å². The Morgan fingerprint density at radius 1 is 1.60 bits per heavy atom. The van der Waals surface area contributed by atoms with Gasteiger partial charge in [0.2, 0.25) is 5.91 Å². The van der Waals surface area contributed by atoms with Crippen LogP contribution in [0.25, 0.3) is 0 Å². The van der Waals surface area contributed by atoms with Gasteiger partial charge in [-0.25, -0.2) is 0 Å². The van der Waals surface area contributed by atoms with Crippen molar-refractivity contribution in [2.75, 3.05) is 6.54 Å². The van der Waals surface area contributed by atoms with Crippen LogP contribution in [0.2, 0.25) is 0 Å². The number of piperazine rings is 1. The van der Waals surface area contributed by atoms with E-state index >= 15 is 0 Å². The van der Waals surface area contributed by atoms with E-state index in [1.165, 1.54) is 0 Å². The van der Waals surface area contributed by atoms with E-state index in [0.717, 1.165) is 12.8 Å². The second-order valence-electron chi connectivity index (χ2n) is 4.20. The van der Waals surface area contributed by atoms with Gasteiger partial charge < -0.3 is 10.2 Å². The molecule has 1 fully saturated rings. The van der Waals surface area contributed by atoms with E-state index in [1.54, 1.807) is 4.90 Å². The Morgan fingerprint density at radius 3 is 3.00 bits per heavy atom. The van der Waals surface area contributed by atoms with Crippen molar-refractivity contribution in [3.63, 3.8) is 0 Å². The Morgan fingerprint density at radius 2 is 2.33 bits per heavy atom. The molecular formula is C11H16N2O2. The molecule has 1 saturated heterocycles. The zero-order valence-corrected chi connectivity index (χ0v) is 9.12. The topological polar surface area (TPSA) is 49.4 Å². The number of hydrogen-bond acceptors (Lipinski definition) is 2. The Balaban J connectivity index is 2.22. The van der Waals surface area contributed by atoms with Crippen molar-refractivity contribution >= 4 is 11.8 Å². The first-order chi connectivity index (χ1) is 7.15. The monoisotopic (exact) mass is 208 g/mol. The lowest BCUT2D eigenvalue weighted by Gasteiger charge is -2.34. The molecule has 0 bridgehead atoms. The molecule has 2 amide bonds. The molecule has 2 rings (SSSR count). The van der Waals surface area contributed by atoms with Crippen LogP contribution >= 0.6 is 0 Å². The highest BCUT2D eigenvalue weighted by molar-refractivity contribution is 6.05. The molecule has 1 N–H and O–H groups in total. The number of rotatable bonds is 2. The first-order valence-electron chi connectivity index (χ1n) is 5.47. The summed E-state index contributed by atoms with van der Waals surface area (Å²) in [6.07, 6.45) is 3.52. The zero-order chi connectivity index (χ0) is 11.0. The van der Waals surface area contributed by atoms with Gasteiger partial charge >= 0.3 is 0 Å². The van der Waals surface area contributed by atoms with Gasteiger partial charge in [0.1, 0.15) is 11.7 Å². The summed E-state index contributed by atoms with van der Waals surface area (Å²) in [5.74, 6) is 0.147. The first kappa shape index (κ1) is 10.2. The predicted octanol–water partition coefficient (Wildman–Crippen LogP) is 0.647. The van der Waals surface area contributed by atoms with Crippen molar-refractivity contribution in [1.82, 2.24) is 10.2 Å². The molecule has 2 unspecified atom stereocenters. The summed E-state index contributed by atoms with van der Waals surface area (Å²) in [6, 6.07) is -0.335. The van der Waals surface area contributed by atoms with Crippen LogP contribution in [0.3, 0.4) is 0 Å².